The van der Waals surface area contributed by atoms with Crippen molar-refractivity contribution in [3.05, 3.63) is 30.3 Å². The first-order valence-electron chi connectivity index (χ1n) is 10.1. The zero-order valence-electron chi connectivity index (χ0n) is 17.5. The maximum atomic E-state index is 11.2. The Balaban J connectivity index is 1.56. The van der Waals surface area contributed by atoms with Crippen LogP contribution in [0.4, 0.5) is 0 Å². The van der Waals surface area contributed by atoms with Crippen LogP contribution >= 0.6 is 0 Å². The molecular formula is C21H32O6Si. The van der Waals surface area contributed by atoms with E-state index in [2.05, 4.69) is 37.4 Å². The van der Waals surface area contributed by atoms with E-state index >= 15 is 0 Å². The summed E-state index contributed by atoms with van der Waals surface area (Å²) < 4.78 is 30.5. The van der Waals surface area contributed by atoms with Crippen molar-refractivity contribution in [2.45, 2.75) is 95.2 Å². The quantitative estimate of drug-likeness (QED) is 0.772. The molecule has 1 N–H and O–H groups in total. The van der Waals surface area contributed by atoms with Crippen molar-refractivity contribution in [3.63, 3.8) is 0 Å². The highest BCUT2D eigenvalue weighted by Crippen LogP contribution is 2.45. The van der Waals surface area contributed by atoms with Gasteiger partial charge >= 0.3 is 0 Å². The van der Waals surface area contributed by atoms with E-state index in [1.807, 2.05) is 33.8 Å². The predicted molar refractivity (Wildman–Crippen MR) is 107 cm³/mol. The average Bonchev–Trinajstić information content (AvgIpc) is 3.08. The highest BCUT2D eigenvalue weighted by Gasteiger charge is 2.62. The van der Waals surface area contributed by atoms with Crippen molar-refractivity contribution in [1.82, 2.24) is 0 Å². The number of rotatable bonds is 4. The molecular weight excluding hydrogens is 376 g/mol. The molecule has 1 aromatic rings. The summed E-state index contributed by atoms with van der Waals surface area (Å²) in [6.45, 7) is 12.0. The van der Waals surface area contributed by atoms with Crippen LogP contribution in [-0.4, -0.2) is 61.6 Å². The van der Waals surface area contributed by atoms with E-state index in [1.165, 1.54) is 5.19 Å². The Bertz CT molecular complexity index is 706. The number of aliphatic hydroxyl groups is 1. The van der Waals surface area contributed by atoms with Gasteiger partial charge in [0, 0.05) is 0 Å². The van der Waals surface area contributed by atoms with Gasteiger partial charge in [0.1, 0.15) is 24.4 Å². The number of aliphatic hydroxyl groups excluding tert-OH is 1. The number of hydrogen-bond acceptors (Lipinski definition) is 6. The van der Waals surface area contributed by atoms with Crippen molar-refractivity contribution in [1.29, 1.82) is 0 Å². The number of hydrogen-bond donors (Lipinski definition) is 1. The maximum absolute atomic E-state index is 11.2. The van der Waals surface area contributed by atoms with E-state index in [-0.39, 0.29) is 12.2 Å². The van der Waals surface area contributed by atoms with Crippen molar-refractivity contribution in [2.75, 3.05) is 0 Å². The summed E-state index contributed by atoms with van der Waals surface area (Å²) in [7, 11) is -1.87. The van der Waals surface area contributed by atoms with Gasteiger partial charge < -0.3 is 28.8 Å². The van der Waals surface area contributed by atoms with Gasteiger partial charge in [-0.15, -0.1) is 0 Å². The second-order valence-corrected chi connectivity index (χ2v) is 14.4. The maximum Gasteiger partial charge on any atom is 0.190 e. The van der Waals surface area contributed by atoms with Crippen LogP contribution in [0.3, 0.4) is 0 Å². The lowest BCUT2D eigenvalue weighted by Crippen LogP contribution is -2.60. The minimum Gasteiger partial charge on any atom is -0.391 e. The average molecular weight is 409 g/mol. The zero-order valence-corrected chi connectivity index (χ0v) is 18.5. The molecule has 3 aliphatic rings. The Morgan fingerprint density at radius 3 is 2.14 bits per heavy atom. The molecule has 0 unspecified atom stereocenters. The molecule has 7 heteroatoms. The number of fused-ring (bicyclic) bond motifs is 3. The lowest BCUT2D eigenvalue weighted by molar-refractivity contribution is -0.250. The standard InChI is InChI=1S/C21H32O6Si/c1-20(2)24-16-15(14(22)12-28(5,6)13-10-8-7-9-11-13)23-19-18(17(16)25-20)26-21(3,4)27-19/h7-11,14-19,22H,12H2,1-6H3/t14-,15+,16-,17-,18+,19+/m0/s1. The van der Waals surface area contributed by atoms with Gasteiger partial charge in [0.2, 0.25) is 0 Å². The Labute approximate surface area is 168 Å². The fourth-order valence-corrected chi connectivity index (χ4v) is 7.21. The summed E-state index contributed by atoms with van der Waals surface area (Å²) in [5, 5.41) is 12.5. The first-order valence-corrected chi connectivity index (χ1v) is 13.3. The largest absolute Gasteiger partial charge is 0.391 e. The molecule has 28 heavy (non-hydrogen) atoms. The number of benzene rings is 1. The van der Waals surface area contributed by atoms with Gasteiger partial charge in [0.15, 0.2) is 17.9 Å². The minimum atomic E-state index is -1.87. The van der Waals surface area contributed by atoms with Crippen LogP contribution in [0.2, 0.25) is 19.1 Å². The molecule has 1 aromatic carbocycles. The molecule has 0 saturated carbocycles. The molecule has 0 bridgehead atoms. The second-order valence-electron chi connectivity index (χ2n) is 9.66. The molecule has 4 rings (SSSR count). The molecule has 0 spiro atoms. The van der Waals surface area contributed by atoms with Crippen LogP contribution in [0, 0.1) is 0 Å². The highest BCUT2D eigenvalue weighted by atomic mass is 28.3. The van der Waals surface area contributed by atoms with Crippen molar-refractivity contribution in [2.24, 2.45) is 0 Å². The normalized spacial score (nSPS) is 37.3. The van der Waals surface area contributed by atoms with Gasteiger partial charge in [-0.2, -0.15) is 0 Å². The first-order chi connectivity index (χ1) is 13.0. The minimum absolute atomic E-state index is 0.336. The third-order valence-corrected chi connectivity index (χ3v) is 9.18. The van der Waals surface area contributed by atoms with Crippen LogP contribution in [0.25, 0.3) is 0 Å². The second kappa shape index (κ2) is 6.87. The molecule has 6 atom stereocenters. The molecule has 0 amide bonds. The Morgan fingerprint density at radius 1 is 0.893 bits per heavy atom. The van der Waals surface area contributed by atoms with E-state index in [1.54, 1.807) is 0 Å². The highest BCUT2D eigenvalue weighted by molar-refractivity contribution is 6.89. The summed E-state index contributed by atoms with van der Waals surface area (Å²) in [5.41, 5.74) is 0. The van der Waals surface area contributed by atoms with Crippen LogP contribution in [0.5, 0.6) is 0 Å². The molecule has 3 heterocycles. The Morgan fingerprint density at radius 2 is 1.46 bits per heavy atom. The summed E-state index contributed by atoms with van der Waals surface area (Å²) in [5.74, 6) is -1.51. The molecule has 0 radical (unpaired) electrons. The summed E-state index contributed by atoms with van der Waals surface area (Å²) in [4.78, 5) is 0. The van der Waals surface area contributed by atoms with Gasteiger partial charge in [0.25, 0.3) is 0 Å². The van der Waals surface area contributed by atoms with Gasteiger partial charge in [-0.25, -0.2) is 0 Å². The monoisotopic (exact) mass is 408 g/mol. The van der Waals surface area contributed by atoms with E-state index < -0.39 is 44.3 Å². The summed E-state index contributed by atoms with van der Waals surface area (Å²) in [6.07, 6.45) is -2.89. The van der Waals surface area contributed by atoms with E-state index in [0.29, 0.717) is 6.04 Å². The van der Waals surface area contributed by atoms with Gasteiger partial charge in [0.05, 0.1) is 14.2 Å². The fraction of sp³-hybridized carbons (Fsp3) is 0.714. The van der Waals surface area contributed by atoms with Gasteiger partial charge in [-0.3, -0.25) is 0 Å². The third-order valence-electron chi connectivity index (χ3n) is 5.84. The molecule has 0 aromatic heterocycles. The molecule has 156 valence electrons. The van der Waals surface area contributed by atoms with Crippen LogP contribution < -0.4 is 5.19 Å². The SMILES string of the molecule is CC1(C)O[C@@H]2[C@H](O1)[C@H]1OC(C)(C)O[C@H]1O[C@@H]2[C@@H](O)C[Si](C)(C)c1ccccc1. The topological polar surface area (TPSA) is 66.4 Å². The van der Waals surface area contributed by atoms with Gasteiger partial charge in [-0.1, -0.05) is 48.6 Å². The first kappa shape index (κ1) is 20.5. The van der Waals surface area contributed by atoms with Crippen LogP contribution in [0.1, 0.15) is 27.7 Å². The third kappa shape index (κ3) is 3.81. The Kier molecular flexibility index (Phi) is 5.02. The zero-order chi connectivity index (χ0) is 20.3. The predicted octanol–water partition coefficient (Wildman–Crippen LogP) is 2.36. The van der Waals surface area contributed by atoms with Gasteiger partial charge in [-0.05, 0) is 33.7 Å². The molecule has 3 fully saturated rings. The summed E-state index contributed by atoms with van der Waals surface area (Å²) in [6, 6.07) is 11.1. The fourth-order valence-electron chi connectivity index (χ4n) is 4.60. The van der Waals surface area contributed by atoms with Crippen LogP contribution in [0.15, 0.2) is 30.3 Å². The van der Waals surface area contributed by atoms with Crippen molar-refractivity contribution >= 4 is 13.3 Å². The lowest BCUT2D eigenvalue weighted by Gasteiger charge is -2.40. The lowest BCUT2D eigenvalue weighted by atomic mass is 9.96. The summed E-state index contributed by atoms with van der Waals surface area (Å²) >= 11 is 0. The van der Waals surface area contributed by atoms with Crippen molar-refractivity contribution < 1.29 is 28.8 Å². The van der Waals surface area contributed by atoms with Crippen LogP contribution in [-0.2, 0) is 23.7 Å². The number of ether oxygens (including phenoxy) is 5. The smallest absolute Gasteiger partial charge is 0.190 e. The van der Waals surface area contributed by atoms with E-state index in [4.69, 9.17) is 23.7 Å². The van der Waals surface area contributed by atoms with Crippen molar-refractivity contribution in [3.8, 4) is 0 Å². The molecule has 3 saturated heterocycles. The molecule has 3 aliphatic heterocycles. The Hall–Kier alpha value is -0.803. The molecule has 0 aliphatic carbocycles. The molecule has 6 nitrogen and oxygen atoms in total. The van der Waals surface area contributed by atoms with E-state index in [9.17, 15) is 5.11 Å². The van der Waals surface area contributed by atoms with E-state index in [0.717, 1.165) is 0 Å².